The summed E-state index contributed by atoms with van der Waals surface area (Å²) in [5, 5.41) is 10.2. The van der Waals surface area contributed by atoms with Crippen molar-refractivity contribution in [2.75, 3.05) is 0 Å². The largest absolute Gasteiger partial charge is 0.469 e. The van der Waals surface area contributed by atoms with Crippen molar-refractivity contribution >= 4 is 17.4 Å². The Morgan fingerprint density at radius 2 is 1.96 bits per heavy atom. The predicted octanol–water partition coefficient (Wildman–Crippen LogP) is 4.14. The van der Waals surface area contributed by atoms with Crippen molar-refractivity contribution in [3.05, 3.63) is 81.8 Å². The monoisotopic (exact) mass is 366 g/mol. The molecular formula is C20H15ClN2O3. The lowest BCUT2D eigenvalue weighted by Gasteiger charge is -2.33. The number of nitriles is 1. The Morgan fingerprint density at radius 1 is 1.19 bits per heavy atom. The summed E-state index contributed by atoms with van der Waals surface area (Å²) < 4.78 is 11.1. The average molecular weight is 367 g/mol. The highest BCUT2D eigenvalue weighted by molar-refractivity contribution is 6.30. The molecule has 2 heterocycles. The third kappa shape index (κ3) is 2.69. The summed E-state index contributed by atoms with van der Waals surface area (Å²) in [5.74, 6) is 0.598. The van der Waals surface area contributed by atoms with Crippen molar-refractivity contribution in [2.45, 2.75) is 24.7 Å². The number of ketones is 1. The van der Waals surface area contributed by atoms with Crippen molar-refractivity contribution in [1.82, 2.24) is 0 Å². The number of ether oxygens (including phenoxy) is 1. The highest BCUT2D eigenvalue weighted by Gasteiger charge is 2.41. The summed E-state index contributed by atoms with van der Waals surface area (Å²) in [7, 11) is 0. The van der Waals surface area contributed by atoms with Crippen LogP contribution in [0.15, 0.2) is 69.9 Å². The minimum atomic E-state index is -0.536. The van der Waals surface area contributed by atoms with Gasteiger partial charge >= 0.3 is 0 Å². The van der Waals surface area contributed by atoms with E-state index >= 15 is 0 Å². The topological polar surface area (TPSA) is 89.3 Å². The lowest BCUT2D eigenvalue weighted by atomic mass is 9.74. The molecule has 0 fully saturated rings. The number of Topliss-reactive ketones (excluding diaryl/α,β-unsaturated/α-hetero) is 1. The zero-order valence-corrected chi connectivity index (χ0v) is 14.5. The molecule has 6 heteroatoms. The van der Waals surface area contributed by atoms with Gasteiger partial charge in [0.05, 0.1) is 12.2 Å². The van der Waals surface area contributed by atoms with E-state index in [-0.39, 0.29) is 23.2 Å². The van der Waals surface area contributed by atoms with Gasteiger partial charge in [0.1, 0.15) is 23.2 Å². The number of hydrogen-bond donors (Lipinski definition) is 1. The van der Waals surface area contributed by atoms with E-state index in [4.69, 9.17) is 26.5 Å². The van der Waals surface area contributed by atoms with Gasteiger partial charge < -0.3 is 14.9 Å². The molecule has 4 rings (SSSR count). The third-order valence-electron chi connectivity index (χ3n) is 4.81. The summed E-state index contributed by atoms with van der Waals surface area (Å²) in [4.78, 5) is 13.0. The Hall–Kier alpha value is -2.97. The molecule has 1 aliphatic carbocycles. The number of nitrogens with zero attached hydrogens (tertiary/aromatic N) is 1. The second-order valence-corrected chi connectivity index (χ2v) is 6.79. The SMILES string of the molecule is N#CC1=C(N)OC2=C(C(=O)C[C@H](c3ccco3)C2)[C@@H]1c1ccc(Cl)cc1. The Morgan fingerprint density at radius 3 is 2.62 bits per heavy atom. The molecule has 0 saturated heterocycles. The number of hydrogen-bond acceptors (Lipinski definition) is 5. The number of rotatable bonds is 2. The first-order valence-electron chi connectivity index (χ1n) is 8.21. The van der Waals surface area contributed by atoms with E-state index in [2.05, 4.69) is 6.07 Å². The van der Waals surface area contributed by atoms with Crippen LogP contribution in [-0.4, -0.2) is 5.78 Å². The molecule has 5 nitrogen and oxygen atoms in total. The van der Waals surface area contributed by atoms with Crippen LogP contribution in [0, 0.1) is 11.3 Å². The van der Waals surface area contributed by atoms with Crippen LogP contribution in [0.1, 0.15) is 36.0 Å². The summed E-state index contributed by atoms with van der Waals surface area (Å²) in [6, 6.07) is 12.8. The van der Waals surface area contributed by atoms with Crippen molar-refractivity contribution in [3.63, 3.8) is 0 Å². The van der Waals surface area contributed by atoms with Gasteiger partial charge in [0.25, 0.3) is 0 Å². The van der Waals surface area contributed by atoms with Crippen LogP contribution in [0.2, 0.25) is 5.02 Å². The Balaban J connectivity index is 1.80. The van der Waals surface area contributed by atoms with Gasteiger partial charge in [-0.3, -0.25) is 4.79 Å². The Kier molecular flexibility index (Phi) is 4.06. The zero-order valence-electron chi connectivity index (χ0n) is 13.7. The second kappa shape index (κ2) is 6.40. The van der Waals surface area contributed by atoms with Crippen molar-refractivity contribution in [1.29, 1.82) is 5.26 Å². The molecule has 0 amide bonds. The lowest BCUT2D eigenvalue weighted by Crippen LogP contribution is -2.29. The molecule has 1 aliphatic heterocycles. The molecule has 2 aliphatic rings. The molecule has 0 bridgehead atoms. The number of benzene rings is 1. The molecule has 130 valence electrons. The minimum Gasteiger partial charge on any atom is -0.469 e. The standard InChI is InChI=1S/C20H15ClN2O3/c21-13-5-3-11(4-6-13)18-14(10-22)20(23)26-17-9-12(8-15(24)19(17)18)16-2-1-7-25-16/h1-7,12,18H,8-9,23H2/t12-,18+/m0/s1. The van der Waals surface area contributed by atoms with Crippen LogP contribution in [0.25, 0.3) is 0 Å². The molecule has 26 heavy (non-hydrogen) atoms. The normalized spacial score (nSPS) is 22.7. The van der Waals surface area contributed by atoms with Crippen molar-refractivity contribution in [2.24, 2.45) is 5.73 Å². The number of nitrogens with two attached hydrogens (primary N) is 1. The fraction of sp³-hybridized carbons (Fsp3) is 0.200. The smallest absolute Gasteiger partial charge is 0.205 e. The van der Waals surface area contributed by atoms with Gasteiger partial charge in [0, 0.05) is 29.4 Å². The summed E-state index contributed by atoms with van der Waals surface area (Å²) in [6.07, 6.45) is 2.39. The first-order chi connectivity index (χ1) is 12.6. The molecule has 2 atom stereocenters. The summed E-state index contributed by atoms with van der Waals surface area (Å²) in [6.45, 7) is 0. The van der Waals surface area contributed by atoms with E-state index in [1.54, 1.807) is 36.6 Å². The first-order valence-corrected chi connectivity index (χ1v) is 8.59. The molecule has 0 radical (unpaired) electrons. The van der Waals surface area contributed by atoms with E-state index in [0.717, 1.165) is 11.3 Å². The predicted molar refractivity (Wildman–Crippen MR) is 94.8 cm³/mol. The molecule has 2 aromatic rings. The molecular weight excluding hydrogens is 352 g/mol. The van der Waals surface area contributed by atoms with Gasteiger partial charge in [-0.25, -0.2) is 0 Å². The van der Waals surface area contributed by atoms with Gasteiger partial charge in [-0.1, -0.05) is 23.7 Å². The Labute approximate surface area is 155 Å². The van der Waals surface area contributed by atoms with E-state index in [9.17, 15) is 10.1 Å². The number of carbonyl (C=O) groups excluding carboxylic acids is 1. The summed E-state index contributed by atoms with van der Waals surface area (Å²) in [5.41, 5.74) is 7.54. The highest BCUT2D eigenvalue weighted by atomic mass is 35.5. The minimum absolute atomic E-state index is 0.0408. The van der Waals surface area contributed by atoms with Gasteiger partial charge in [0.15, 0.2) is 5.78 Å². The van der Waals surface area contributed by atoms with Crippen LogP contribution in [0.4, 0.5) is 0 Å². The Bertz CT molecular complexity index is 965. The maximum Gasteiger partial charge on any atom is 0.205 e. The van der Waals surface area contributed by atoms with Crippen LogP contribution >= 0.6 is 11.6 Å². The zero-order chi connectivity index (χ0) is 18.3. The maximum absolute atomic E-state index is 13.0. The molecule has 1 aromatic heterocycles. The van der Waals surface area contributed by atoms with Crippen molar-refractivity contribution < 1.29 is 13.9 Å². The van der Waals surface area contributed by atoms with Gasteiger partial charge in [-0.2, -0.15) is 5.26 Å². The highest BCUT2D eigenvalue weighted by Crippen LogP contribution is 2.46. The third-order valence-corrected chi connectivity index (χ3v) is 5.06. The quantitative estimate of drug-likeness (QED) is 0.862. The molecule has 2 N–H and O–H groups in total. The molecule has 1 aromatic carbocycles. The number of allylic oxidation sites excluding steroid dienone is 3. The molecule has 0 saturated carbocycles. The first kappa shape index (κ1) is 16.5. The fourth-order valence-electron chi connectivity index (χ4n) is 3.62. The summed E-state index contributed by atoms with van der Waals surface area (Å²) >= 11 is 5.98. The molecule has 0 unspecified atom stereocenters. The molecule has 0 spiro atoms. The van der Waals surface area contributed by atoms with E-state index in [1.807, 2.05) is 6.07 Å². The number of carbonyl (C=O) groups is 1. The van der Waals surface area contributed by atoms with Crippen LogP contribution in [0.5, 0.6) is 0 Å². The number of halogens is 1. The van der Waals surface area contributed by atoms with E-state index in [1.165, 1.54) is 0 Å². The van der Waals surface area contributed by atoms with E-state index in [0.29, 0.717) is 29.2 Å². The van der Waals surface area contributed by atoms with Gasteiger partial charge in [-0.05, 0) is 29.8 Å². The van der Waals surface area contributed by atoms with Crippen LogP contribution < -0.4 is 5.73 Å². The van der Waals surface area contributed by atoms with Gasteiger partial charge in [-0.15, -0.1) is 0 Å². The second-order valence-electron chi connectivity index (χ2n) is 6.36. The average Bonchev–Trinajstić information content (AvgIpc) is 3.16. The lowest BCUT2D eigenvalue weighted by molar-refractivity contribution is -0.117. The van der Waals surface area contributed by atoms with Crippen LogP contribution in [0.3, 0.4) is 0 Å². The van der Waals surface area contributed by atoms with Crippen molar-refractivity contribution in [3.8, 4) is 6.07 Å². The maximum atomic E-state index is 13.0. The van der Waals surface area contributed by atoms with E-state index < -0.39 is 5.92 Å². The van der Waals surface area contributed by atoms with Gasteiger partial charge in [0.2, 0.25) is 5.88 Å². The van der Waals surface area contributed by atoms with Crippen LogP contribution in [-0.2, 0) is 9.53 Å². The number of furan rings is 1. The fourth-order valence-corrected chi connectivity index (χ4v) is 3.75.